The minimum absolute atomic E-state index is 0.0251. The summed E-state index contributed by atoms with van der Waals surface area (Å²) in [5.41, 5.74) is 2.13. The van der Waals surface area contributed by atoms with Crippen LogP contribution in [-0.2, 0) is 16.0 Å². The first kappa shape index (κ1) is 20.8. The Labute approximate surface area is 196 Å². The van der Waals surface area contributed by atoms with Gasteiger partial charge in [0.1, 0.15) is 22.6 Å². The van der Waals surface area contributed by atoms with Crippen LogP contribution in [0.5, 0.6) is 5.75 Å². The molecule has 2 atom stereocenters. The fourth-order valence-corrected chi connectivity index (χ4v) is 5.08. The van der Waals surface area contributed by atoms with Crippen molar-refractivity contribution in [1.82, 2.24) is 10.2 Å². The van der Waals surface area contributed by atoms with Crippen molar-refractivity contribution < 1.29 is 19.4 Å². The number of ether oxygens (including phenoxy) is 1. The largest absolute Gasteiger partial charge is 0.507 e. The zero-order chi connectivity index (χ0) is 22.6. The molecule has 2 aliphatic heterocycles. The van der Waals surface area contributed by atoms with Crippen molar-refractivity contribution in [2.75, 3.05) is 4.90 Å². The second-order valence-electron chi connectivity index (χ2n) is 7.78. The fourth-order valence-electron chi connectivity index (χ4n) is 4.10. The minimum atomic E-state index is -0.820. The van der Waals surface area contributed by atoms with Gasteiger partial charge in [0.15, 0.2) is 0 Å². The van der Waals surface area contributed by atoms with Crippen LogP contribution in [-0.4, -0.2) is 33.1 Å². The Kier molecular flexibility index (Phi) is 5.10. The van der Waals surface area contributed by atoms with Gasteiger partial charge in [0.05, 0.1) is 11.6 Å². The molecule has 0 spiro atoms. The molecular formula is C23H18BrN3O4S. The molecule has 162 valence electrons. The maximum absolute atomic E-state index is 13.2. The number of hydrogen-bond donors (Lipinski definition) is 1. The first-order valence-corrected chi connectivity index (χ1v) is 11.6. The number of anilines is 1. The molecule has 2 aromatic carbocycles. The molecule has 1 saturated heterocycles. The number of amides is 1. The van der Waals surface area contributed by atoms with Crippen LogP contribution in [0.3, 0.4) is 0 Å². The molecule has 5 rings (SSSR count). The number of Topliss-reactive ketones (excluding diaryl/α,β-unsaturated/α-hetero) is 1. The van der Waals surface area contributed by atoms with E-state index < -0.39 is 17.7 Å². The van der Waals surface area contributed by atoms with Gasteiger partial charge in [-0.2, -0.15) is 0 Å². The Hall–Kier alpha value is -3.04. The first-order chi connectivity index (χ1) is 15.3. The lowest BCUT2D eigenvalue weighted by Crippen LogP contribution is -2.29. The van der Waals surface area contributed by atoms with Crippen LogP contribution in [0.4, 0.5) is 5.13 Å². The molecule has 0 aliphatic carbocycles. The van der Waals surface area contributed by atoms with Gasteiger partial charge < -0.3 is 9.84 Å². The van der Waals surface area contributed by atoms with Crippen LogP contribution in [0.15, 0.2) is 52.5 Å². The van der Waals surface area contributed by atoms with Crippen molar-refractivity contribution in [1.29, 1.82) is 0 Å². The molecular weight excluding hydrogens is 494 g/mol. The predicted molar refractivity (Wildman–Crippen MR) is 124 cm³/mol. The van der Waals surface area contributed by atoms with Crippen LogP contribution in [0, 0.1) is 6.92 Å². The van der Waals surface area contributed by atoms with E-state index in [0.717, 1.165) is 15.8 Å². The Morgan fingerprint density at radius 3 is 2.62 bits per heavy atom. The number of hydrogen-bond acceptors (Lipinski definition) is 7. The van der Waals surface area contributed by atoms with E-state index >= 15 is 0 Å². The average molecular weight is 512 g/mol. The van der Waals surface area contributed by atoms with E-state index in [1.165, 1.54) is 16.2 Å². The predicted octanol–water partition coefficient (Wildman–Crippen LogP) is 4.56. The maximum atomic E-state index is 13.2. The third-order valence-corrected chi connectivity index (χ3v) is 6.89. The minimum Gasteiger partial charge on any atom is -0.507 e. The molecule has 2 unspecified atom stereocenters. The number of aromatic nitrogens is 2. The highest BCUT2D eigenvalue weighted by atomic mass is 79.9. The molecule has 3 heterocycles. The Morgan fingerprint density at radius 1 is 1.19 bits per heavy atom. The summed E-state index contributed by atoms with van der Waals surface area (Å²) in [6.45, 7) is 3.75. The number of benzene rings is 2. The number of fused-ring (bicyclic) bond motifs is 1. The molecule has 0 radical (unpaired) electrons. The Bertz CT molecular complexity index is 1280. The number of carbonyl (C=O) groups is 2. The smallest absolute Gasteiger partial charge is 0.301 e. The normalized spacial score (nSPS) is 21.7. The lowest BCUT2D eigenvalue weighted by Gasteiger charge is -2.22. The van der Waals surface area contributed by atoms with Crippen molar-refractivity contribution in [3.63, 3.8) is 0 Å². The number of ketones is 1. The van der Waals surface area contributed by atoms with Gasteiger partial charge in [-0.3, -0.25) is 14.5 Å². The van der Waals surface area contributed by atoms with E-state index in [2.05, 4.69) is 26.1 Å². The summed E-state index contributed by atoms with van der Waals surface area (Å²) in [6.07, 6.45) is 0.765. The summed E-state index contributed by atoms with van der Waals surface area (Å²) >= 11 is 4.63. The van der Waals surface area contributed by atoms with Gasteiger partial charge in [-0.25, -0.2) is 0 Å². The maximum Gasteiger partial charge on any atom is 0.301 e. The van der Waals surface area contributed by atoms with Crippen LogP contribution in [0.1, 0.15) is 34.7 Å². The highest BCUT2D eigenvalue weighted by molar-refractivity contribution is 9.10. The number of aliphatic hydroxyl groups excluding tert-OH is 1. The van der Waals surface area contributed by atoms with Gasteiger partial charge in [0, 0.05) is 16.5 Å². The van der Waals surface area contributed by atoms with E-state index in [-0.39, 0.29) is 17.4 Å². The van der Waals surface area contributed by atoms with Gasteiger partial charge >= 0.3 is 5.91 Å². The van der Waals surface area contributed by atoms with E-state index in [4.69, 9.17) is 4.74 Å². The SMILES string of the molecule is Cc1nnc(N2C(=O)C(=O)/C(=C(/O)c3ccc4c(c3)CC(C)O4)C2c2ccc(Br)cc2)s1. The number of aryl methyl sites for hydroxylation is 1. The topological polar surface area (TPSA) is 92.6 Å². The molecule has 1 amide bonds. The summed E-state index contributed by atoms with van der Waals surface area (Å²) < 4.78 is 6.60. The highest BCUT2D eigenvalue weighted by Gasteiger charge is 2.48. The second kappa shape index (κ2) is 7.83. The van der Waals surface area contributed by atoms with Crippen LogP contribution >= 0.6 is 27.3 Å². The lowest BCUT2D eigenvalue weighted by atomic mass is 9.94. The van der Waals surface area contributed by atoms with E-state index in [1.807, 2.05) is 37.3 Å². The molecule has 0 saturated carbocycles. The van der Waals surface area contributed by atoms with Crippen molar-refractivity contribution >= 4 is 49.8 Å². The monoisotopic (exact) mass is 511 g/mol. The van der Waals surface area contributed by atoms with Gasteiger partial charge in [-0.05, 0) is 55.3 Å². The molecule has 2 aliphatic rings. The summed E-state index contributed by atoms with van der Waals surface area (Å²) in [5, 5.41) is 20.3. The summed E-state index contributed by atoms with van der Waals surface area (Å²) in [5.74, 6) is -0.951. The fraction of sp³-hybridized carbons (Fsp3) is 0.217. The molecule has 1 N–H and O–H groups in total. The van der Waals surface area contributed by atoms with Gasteiger partial charge in [-0.1, -0.05) is 39.4 Å². The number of nitrogens with zero attached hydrogens (tertiary/aromatic N) is 3. The van der Waals surface area contributed by atoms with Crippen molar-refractivity contribution in [2.24, 2.45) is 0 Å². The van der Waals surface area contributed by atoms with Gasteiger partial charge in [-0.15, -0.1) is 10.2 Å². The molecule has 7 nitrogen and oxygen atoms in total. The number of halogens is 1. The molecule has 3 aromatic rings. The number of aliphatic hydroxyl groups is 1. The van der Waals surface area contributed by atoms with E-state index in [9.17, 15) is 14.7 Å². The van der Waals surface area contributed by atoms with Crippen LogP contribution in [0.25, 0.3) is 5.76 Å². The number of carbonyl (C=O) groups excluding carboxylic acids is 2. The van der Waals surface area contributed by atoms with Crippen LogP contribution in [0.2, 0.25) is 0 Å². The van der Waals surface area contributed by atoms with Crippen molar-refractivity contribution in [2.45, 2.75) is 32.4 Å². The quantitative estimate of drug-likeness (QED) is 0.314. The summed E-state index contributed by atoms with van der Waals surface area (Å²) in [4.78, 5) is 27.6. The molecule has 9 heteroatoms. The van der Waals surface area contributed by atoms with Gasteiger partial charge in [0.2, 0.25) is 5.13 Å². The summed E-state index contributed by atoms with van der Waals surface area (Å²) in [7, 11) is 0. The van der Waals surface area contributed by atoms with Crippen molar-refractivity contribution in [3.05, 3.63) is 74.2 Å². The Balaban J connectivity index is 1.68. The van der Waals surface area contributed by atoms with Crippen molar-refractivity contribution in [3.8, 4) is 5.75 Å². The Morgan fingerprint density at radius 2 is 1.94 bits per heavy atom. The second-order valence-corrected chi connectivity index (χ2v) is 9.86. The average Bonchev–Trinajstić information content (AvgIpc) is 3.43. The zero-order valence-electron chi connectivity index (χ0n) is 17.2. The van der Waals surface area contributed by atoms with E-state index in [0.29, 0.717) is 27.7 Å². The lowest BCUT2D eigenvalue weighted by molar-refractivity contribution is -0.132. The molecule has 32 heavy (non-hydrogen) atoms. The third kappa shape index (κ3) is 3.41. The van der Waals surface area contributed by atoms with Gasteiger partial charge in [0.25, 0.3) is 5.78 Å². The first-order valence-electron chi connectivity index (χ1n) is 10.00. The number of rotatable bonds is 3. The highest BCUT2D eigenvalue weighted by Crippen LogP contribution is 2.43. The molecule has 0 bridgehead atoms. The molecule has 1 fully saturated rings. The van der Waals surface area contributed by atoms with Crippen LogP contribution < -0.4 is 9.64 Å². The zero-order valence-corrected chi connectivity index (χ0v) is 19.6. The molecule has 1 aromatic heterocycles. The van der Waals surface area contributed by atoms with E-state index in [1.54, 1.807) is 19.1 Å². The standard InChI is InChI=1S/C23H18BrN3O4S/c1-11-9-15-10-14(5-8-17(15)31-11)20(28)18-19(13-3-6-16(24)7-4-13)27(22(30)21(18)29)23-26-25-12(2)32-23/h3-8,10-11,19,28H,9H2,1-2H3/b20-18+. The summed E-state index contributed by atoms with van der Waals surface area (Å²) in [6, 6.07) is 11.8. The third-order valence-electron chi connectivity index (χ3n) is 5.52.